The molecule has 0 aliphatic carbocycles. The van der Waals surface area contributed by atoms with Crippen molar-refractivity contribution in [2.24, 2.45) is 11.8 Å². The summed E-state index contributed by atoms with van der Waals surface area (Å²) in [4.78, 5) is 11.7. The molecule has 0 aromatic rings. The van der Waals surface area contributed by atoms with E-state index < -0.39 is 4.32 Å². The van der Waals surface area contributed by atoms with Gasteiger partial charge in [-0.2, -0.15) is 0 Å². The van der Waals surface area contributed by atoms with Crippen molar-refractivity contribution in [1.29, 1.82) is 0 Å². The zero-order chi connectivity index (χ0) is 11.5. The van der Waals surface area contributed by atoms with Crippen molar-refractivity contribution < 1.29 is 4.79 Å². The normalized spacial score (nSPS) is 12.7. The second-order valence-electron chi connectivity index (χ2n) is 4.96. The molecular weight excluding hydrogens is 242 g/mol. The lowest BCUT2D eigenvalue weighted by molar-refractivity contribution is -0.123. The molecule has 14 heavy (non-hydrogen) atoms. The summed E-state index contributed by atoms with van der Waals surface area (Å²) in [6.07, 6.45) is 0. The summed E-state index contributed by atoms with van der Waals surface area (Å²) < 4.78 is -0.477. The van der Waals surface area contributed by atoms with Crippen LogP contribution in [-0.2, 0) is 4.79 Å². The standard InChI is InChI=1S/C11H22BrNO/c1-7(2)9(8(3)4)13-10(14)11(5,6)12/h7-9H,1-6H3,(H,13,14). The van der Waals surface area contributed by atoms with Gasteiger partial charge in [-0.25, -0.2) is 0 Å². The van der Waals surface area contributed by atoms with Crippen LogP contribution >= 0.6 is 15.9 Å². The maximum Gasteiger partial charge on any atom is 0.236 e. The van der Waals surface area contributed by atoms with E-state index in [0.717, 1.165) is 0 Å². The van der Waals surface area contributed by atoms with Crippen molar-refractivity contribution in [1.82, 2.24) is 5.32 Å². The molecule has 0 aromatic carbocycles. The highest BCUT2D eigenvalue weighted by atomic mass is 79.9. The molecule has 0 unspecified atom stereocenters. The van der Waals surface area contributed by atoms with Gasteiger partial charge in [0.05, 0.1) is 4.32 Å². The number of hydrogen-bond donors (Lipinski definition) is 1. The molecule has 1 amide bonds. The van der Waals surface area contributed by atoms with E-state index in [4.69, 9.17) is 0 Å². The predicted octanol–water partition coefficient (Wildman–Crippen LogP) is 2.96. The lowest BCUT2D eigenvalue weighted by atomic mass is 9.93. The third-order valence-electron chi connectivity index (χ3n) is 2.27. The Balaban J connectivity index is 4.40. The first kappa shape index (κ1) is 13.9. The molecule has 0 heterocycles. The van der Waals surface area contributed by atoms with Gasteiger partial charge in [-0.05, 0) is 25.7 Å². The van der Waals surface area contributed by atoms with E-state index in [-0.39, 0.29) is 11.9 Å². The summed E-state index contributed by atoms with van der Waals surface area (Å²) in [6, 6.07) is 0.249. The molecule has 0 atom stereocenters. The van der Waals surface area contributed by atoms with Gasteiger partial charge in [0.15, 0.2) is 0 Å². The summed E-state index contributed by atoms with van der Waals surface area (Å²) in [7, 11) is 0. The number of rotatable bonds is 4. The third kappa shape index (κ3) is 4.45. The van der Waals surface area contributed by atoms with Gasteiger partial charge < -0.3 is 5.32 Å². The third-order valence-corrected chi connectivity index (χ3v) is 2.63. The average molecular weight is 264 g/mol. The van der Waals surface area contributed by atoms with Gasteiger partial charge in [0, 0.05) is 6.04 Å². The van der Waals surface area contributed by atoms with Crippen LogP contribution in [0.3, 0.4) is 0 Å². The highest BCUT2D eigenvalue weighted by molar-refractivity contribution is 9.10. The molecule has 0 aliphatic heterocycles. The van der Waals surface area contributed by atoms with Crippen molar-refractivity contribution in [2.45, 2.75) is 51.9 Å². The summed E-state index contributed by atoms with van der Waals surface area (Å²) >= 11 is 3.36. The minimum absolute atomic E-state index is 0.0601. The molecule has 0 rings (SSSR count). The largest absolute Gasteiger partial charge is 0.352 e. The second-order valence-corrected chi connectivity index (χ2v) is 6.94. The second kappa shape index (κ2) is 5.15. The highest BCUT2D eigenvalue weighted by Gasteiger charge is 2.28. The smallest absolute Gasteiger partial charge is 0.236 e. The van der Waals surface area contributed by atoms with Crippen LogP contribution in [-0.4, -0.2) is 16.3 Å². The fourth-order valence-electron chi connectivity index (χ4n) is 1.43. The van der Waals surface area contributed by atoms with Crippen molar-refractivity contribution in [3.63, 3.8) is 0 Å². The van der Waals surface area contributed by atoms with Crippen LogP contribution in [0.15, 0.2) is 0 Å². The number of nitrogens with one attached hydrogen (secondary N) is 1. The Morgan fingerprint density at radius 3 is 1.71 bits per heavy atom. The van der Waals surface area contributed by atoms with Gasteiger partial charge in [-0.1, -0.05) is 43.6 Å². The Morgan fingerprint density at radius 2 is 1.50 bits per heavy atom. The van der Waals surface area contributed by atoms with Crippen LogP contribution in [0.25, 0.3) is 0 Å². The molecule has 0 saturated heterocycles. The molecule has 0 bridgehead atoms. The monoisotopic (exact) mass is 263 g/mol. The van der Waals surface area contributed by atoms with Crippen LogP contribution < -0.4 is 5.32 Å². The van der Waals surface area contributed by atoms with Gasteiger partial charge in [-0.15, -0.1) is 0 Å². The van der Waals surface area contributed by atoms with Crippen molar-refractivity contribution in [3.05, 3.63) is 0 Å². The van der Waals surface area contributed by atoms with Crippen molar-refractivity contribution >= 4 is 21.8 Å². The van der Waals surface area contributed by atoms with E-state index in [2.05, 4.69) is 48.9 Å². The lowest BCUT2D eigenvalue weighted by Crippen LogP contribution is -2.48. The number of carbonyl (C=O) groups excluding carboxylic acids is 1. The molecule has 1 N–H and O–H groups in total. The zero-order valence-corrected chi connectivity index (χ0v) is 11.6. The quantitative estimate of drug-likeness (QED) is 0.777. The summed E-state index contributed by atoms with van der Waals surface area (Å²) in [5.41, 5.74) is 0. The topological polar surface area (TPSA) is 29.1 Å². The number of alkyl halides is 1. The van der Waals surface area contributed by atoms with Gasteiger partial charge in [0.1, 0.15) is 0 Å². The molecule has 0 spiro atoms. The molecule has 0 aromatic heterocycles. The number of amides is 1. The van der Waals surface area contributed by atoms with E-state index in [1.807, 2.05) is 13.8 Å². The molecule has 0 fully saturated rings. The molecule has 0 aliphatic rings. The van der Waals surface area contributed by atoms with Crippen LogP contribution in [0, 0.1) is 11.8 Å². The van der Waals surface area contributed by atoms with E-state index >= 15 is 0 Å². The van der Waals surface area contributed by atoms with Gasteiger partial charge >= 0.3 is 0 Å². The SMILES string of the molecule is CC(C)C(NC(=O)C(C)(C)Br)C(C)C. The Bertz CT molecular complexity index is 186. The van der Waals surface area contributed by atoms with Crippen LogP contribution in [0.4, 0.5) is 0 Å². The number of halogens is 1. The summed E-state index contributed by atoms with van der Waals surface area (Å²) in [6.45, 7) is 12.2. The van der Waals surface area contributed by atoms with E-state index in [1.165, 1.54) is 0 Å². The fourth-order valence-corrected chi connectivity index (χ4v) is 1.54. The minimum atomic E-state index is -0.477. The van der Waals surface area contributed by atoms with Gasteiger partial charge in [-0.3, -0.25) is 4.79 Å². The molecule has 0 saturated carbocycles. The minimum Gasteiger partial charge on any atom is -0.352 e. The lowest BCUT2D eigenvalue weighted by Gasteiger charge is -2.29. The van der Waals surface area contributed by atoms with Crippen molar-refractivity contribution in [2.75, 3.05) is 0 Å². The first-order valence-corrected chi connectivity index (χ1v) is 5.95. The van der Waals surface area contributed by atoms with Crippen LogP contribution in [0.5, 0.6) is 0 Å². The fraction of sp³-hybridized carbons (Fsp3) is 0.909. The summed E-state index contributed by atoms with van der Waals surface area (Å²) in [5.74, 6) is 0.993. The number of hydrogen-bond acceptors (Lipinski definition) is 1. The van der Waals surface area contributed by atoms with E-state index in [0.29, 0.717) is 11.8 Å². The van der Waals surface area contributed by atoms with Gasteiger partial charge in [0.25, 0.3) is 0 Å². The first-order valence-electron chi connectivity index (χ1n) is 5.16. The predicted molar refractivity (Wildman–Crippen MR) is 64.6 cm³/mol. The zero-order valence-electron chi connectivity index (χ0n) is 10.0. The highest BCUT2D eigenvalue weighted by Crippen LogP contribution is 2.18. The van der Waals surface area contributed by atoms with Gasteiger partial charge in [0.2, 0.25) is 5.91 Å². The number of carbonyl (C=O) groups is 1. The maximum atomic E-state index is 11.7. The van der Waals surface area contributed by atoms with E-state index in [1.54, 1.807) is 0 Å². The first-order chi connectivity index (χ1) is 6.16. The Kier molecular flexibility index (Phi) is 5.13. The average Bonchev–Trinajstić information content (AvgIpc) is 1.96. The van der Waals surface area contributed by atoms with Crippen LogP contribution in [0.1, 0.15) is 41.5 Å². The molecule has 0 radical (unpaired) electrons. The Hall–Kier alpha value is -0.0500. The summed E-state index contributed by atoms with van der Waals surface area (Å²) in [5, 5.41) is 3.07. The Morgan fingerprint density at radius 1 is 1.14 bits per heavy atom. The molecular formula is C11H22BrNO. The maximum absolute atomic E-state index is 11.7. The van der Waals surface area contributed by atoms with E-state index in [9.17, 15) is 4.79 Å². The Labute approximate surface area is 96.0 Å². The molecule has 84 valence electrons. The van der Waals surface area contributed by atoms with Crippen molar-refractivity contribution in [3.8, 4) is 0 Å². The molecule has 2 nitrogen and oxygen atoms in total. The van der Waals surface area contributed by atoms with Crippen LogP contribution in [0.2, 0.25) is 0 Å². The molecule has 3 heteroatoms.